The van der Waals surface area contributed by atoms with E-state index in [9.17, 15) is 9.18 Å². The molecule has 1 amide bonds. The molecule has 0 saturated carbocycles. The molecule has 0 unspecified atom stereocenters. The molecular formula is C16H15FN2OS. The van der Waals surface area contributed by atoms with Crippen molar-refractivity contribution in [1.82, 2.24) is 0 Å². The van der Waals surface area contributed by atoms with Crippen LogP contribution in [-0.2, 0) is 0 Å². The Bertz CT molecular complexity index is 740. The van der Waals surface area contributed by atoms with Crippen LogP contribution in [0.5, 0.6) is 0 Å². The number of nitrogens with one attached hydrogen (secondary N) is 1. The molecule has 2 rings (SSSR count). The van der Waals surface area contributed by atoms with Gasteiger partial charge in [-0.05, 0) is 43.2 Å². The van der Waals surface area contributed by atoms with Crippen molar-refractivity contribution in [2.24, 2.45) is 5.73 Å². The molecule has 1 aromatic heterocycles. The molecule has 0 bridgehead atoms. The summed E-state index contributed by atoms with van der Waals surface area (Å²) in [5.74, 6) is 5.06. The summed E-state index contributed by atoms with van der Waals surface area (Å²) in [5.41, 5.74) is 7.55. The summed E-state index contributed by atoms with van der Waals surface area (Å²) in [4.78, 5) is 13.6. The molecule has 0 fully saturated rings. The smallest absolute Gasteiger partial charge is 0.265 e. The van der Waals surface area contributed by atoms with Crippen LogP contribution in [0, 0.1) is 31.5 Å². The maximum absolute atomic E-state index is 13.2. The second kappa shape index (κ2) is 6.53. The number of carbonyl (C=O) groups is 1. The van der Waals surface area contributed by atoms with Crippen LogP contribution in [-0.4, -0.2) is 12.5 Å². The summed E-state index contributed by atoms with van der Waals surface area (Å²) in [6, 6.07) is 6.07. The number of amides is 1. The van der Waals surface area contributed by atoms with Gasteiger partial charge in [0.1, 0.15) is 5.82 Å². The molecule has 0 radical (unpaired) electrons. The Kier molecular flexibility index (Phi) is 4.73. The molecule has 3 N–H and O–H groups in total. The zero-order chi connectivity index (χ0) is 15.4. The summed E-state index contributed by atoms with van der Waals surface area (Å²) in [6.07, 6.45) is 0. The van der Waals surface area contributed by atoms with Gasteiger partial charge in [-0.25, -0.2) is 4.39 Å². The SMILES string of the molecule is Cc1ccc(F)cc1NC(=O)c1cc(C)c(C#CCN)s1. The molecule has 0 saturated heterocycles. The van der Waals surface area contributed by atoms with Crippen molar-refractivity contribution in [2.45, 2.75) is 13.8 Å². The van der Waals surface area contributed by atoms with Gasteiger partial charge in [0, 0.05) is 5.69 Å². The minimum Gasteiger partial charge on any atom is -0.321 e. The maximum atomic E-state index is 13.2. The van der Waals surface area contributed by atoms with Gasteiger partial charge in [0.15, 0.2) is 0 Å². The molecule has 21 heavy (non-hydrogen) atoms. The highest BCUT2D eigenvalue weighted by Gasteiger charge is 2.13. The van der Waals surface area contributed by atoms with Crippen LogP contribution in [0.15, 0.2) is 24.3 Å². The Morgan fingerprint density at radius 3 is 2.81 bits per heavy atom. The number of hydrogen-bond acceptors (Lipinski definition) is 3. The van der Waals surface area contributed by atoms with Crippen LogP contribution in [0.2, 0.25) is 0 Å². The number of carbonyl (C=O) groups excluding carboxylic acids is 1. The van der Waals surface area contributed by atoms with Crippen LogP contribution in [0.1, 0.15) is 25.7 Å². The summed E-state index contributed by atoms with van der Waals surface area (Å²) in [7, 11) is 0. The maximum Gasteiger partial charge on any atom is 0.265 e. The molecule has 5 heteroatoms. The Morgan fingerprint density at radius 2 is 2.10 bits per heavy atom. The Morgan fingerprint density at radius 1 is 1.33 bits per heavy atom. The quantitative estimate of drug-likeness (QED) is 0.838. The number of rotatable bonds is 2. The zero-order valence-corrected chi connectivity index (χ0v) is 12.6. The van der Waals surface area contributed by atoms with Crippen LogP contribution >= 0.6 is 11.3 Å². The standard InChI is InChI=1S/C16H15FN2OS/c1-10-5-6-12(17)9-13(10)19-16(20)15-8-11(2)14(21-15)4-3-7-18/h5-6,8-9H,7,18H2,1-2H3,(H,19,20). The predicted octanol–water partition coefficient (Wildman–Crippen LogP) is 3.07. The first kappa shape index (κ1) is 15.2. The molecule has 0 aliphatic rings. The predicted molar refractivity (Wildman–Crippen MR) is 84.1 cm³/mol. The van der Waals surface area contributed by atoms with Crippen molar-refractivity contribution in [3.63, 3.8) is 0 Å². The van der Waals surface area contributed by atoms with E-state index in [-0.39, 0.29) is 18.3 Å². The number of nitrogens with two attached hydrogens (primary N) is 1. The lowest BCUT2D eigenvalue weighted by molar-refractivity contribution is 0.103. The summed E-state index contributed by atoms with van der Waals surface area (Å²) in [5, 5.41) is 2.72. The lowest BCUT2D eigenvalue weighted by Crippen LogP contribution is -2.11. The van der Waals surface area contributed by atoms with Crippen molar-refractivity contribution in [1.29, 1.82) is 0 Å². The molecule has 2 aromatic rings. The monoisotopic (exact) mass is 302 g/mol. The van der Waals surface area contributed by atoms with Crippen molar-refractivity contribution in [3.8, 4) is 11.8 Å². The fourth-order valence-corrected chi connectivity index (χ4v) is 2.70. The fourth-order valence-electron chi connectivity index (χ4n) is 1.76. The van der Waals surface area contributed by atoms with E-state index >= 15 is 0 Å². The van der Waals surface area contributed by atoms with E-state index in [0.29, 0.717) is 10.6 Å². The number of hydrogen-bond donors (Lipinski definition) is 2. The first-order chi connectivity index (χ1) is 10.0. The second-order valence-electron chi connectivity index (χ2n) is 4.54. The van der Waals surface area contributed by atoms with Gasteiger partial charge in [-0.15, -0.1) is 11.3 Å². The van der Waals surface area contributed by atoms with E-state index in [2.05, 4.69) is 17.2 Å². The van der Waals surface area contributed by atoms with E-state index in [1.807, 2.05) is 13.8 Å². The lowest BCUT2D eigenvalue weighted by atomic mass is 10.2. The van der Waals surface area contributed by atoms with Gasteiger partial charge in [-0.2, -0.15) is 0 Å². The molecule has 0 spiro atoms. The third-order valence-electron chi connectivity index (χ3n) is 2.89. The molecule has 108 valence electrons. The Labute approximate surface area is 127 Å². The number of halogens is 1. The number of thiophene rings is 1. The van der Waals surface area contributed by atoms with Crippen molar-refractivity contribution < 1.29 is 9.18 Å². The van der Waals surface area contributed by atoms with Crippen LogP contribution in [0.25, 0.3) is 0 Å². The first-order valence-electron chi connectivity index (χ1n) is 6.38. The third-order valence-corrected chi connectivity index (χ3v) is 4.04. The number of aryl methyl sites for hydroxylation is 2. The Hall–Kier alpha value is -2.16. The normalized spacial score (nSPS) is 9.90. The Balaban J connectivity index is 2.23. The van der Waals surface area contributed by atoms with Gasteiger partial charge < -0.3 is 11.1 Å². The van der Waals surface area contributed by atoms with Crippen LogP contribution in [0.4, 0.5) is 10.1 Å². The van der Waals surface area contributed by atoms with Gasteiger partial charge in [0.05, 0.1) is 16.3 Å². The largest absolute Gasteiger partial charge is 0.321 e. The number of anilines is 1. The highest BCUT2D eigenvalue weighted by molar-refractivity contribution is 7.14. The fraction of sp³-hybridized carbons (Fsp3) is 0.188. The topological polar surface area (TPSA) is 55.1 Å². The zero-order valence-electron chi connectivity index (χ0n) is 11.8. The van der Waals surface area contributed by atoms with Gasteiger partial charge in [-0.1, -0.05) is 17.9 Å². The molecule has 0 aliphatic carbocycles. The molecule has 1 heterocycles. The van der Waals surface area contributed by atoms with E-state index in [0.717, 1.165) is 16.0 Å². The van der Waals surface area contributed by atoms with Crippen LogP contribution in [0.3, 0.4) is 0 Å². The van der Waals surface area contributed by atoms with Crippen molar-refractivity contribution in [2.75, 3.05) is 11.9 Å². The van der Waals surface area contributed by atoms with Gasteiger partial charge >= 0.3 is 0 Å². The average molecular weight is 302 g/mol. The van der Waals surface area contributed by atoms with E-state index in [1.54, 1.807) is 12.1 Å². The van der Waals surface area contributed by atoms with E-state index < -0.39 is 0 Å². The lowest BCUT2D eigenvalue weighted by Gasteiger charge is -2.07. The van der Waals surface area contributed by atoms with Gasteiger partial charge in [-0.3, -0.25) is 4.79 Å². The summed E-state index contributed by atoms with van der Waals surface area (Å²) >= 11 is 1.30. The number of benzene rings is 1. The minimum atomic E-state index is -0.382. The summed E-state index contributed by atoms with van der Waals surface area (Å²) in [6.45, 7) is 3.98. The summed E-state index contributed by atoms with van der Waals surface area (Å²) < 4.78 is 13.2. The molecule has 1 aromatic carbocycles. The highest BCUT2D eigenvalue weighted by atomic mass is 32.1. The molecular weight excluding hydrogens is 287 g/mol. The van der Waals surface area contributed by atoms with Gasteiger partial charge in [0.25, 0.3) is 5.91 Å². The van der Waals surface area contributed by atoms with Crippen molar-refractivity contribution in [3.05, 3.63) is 51.0 Å². The second-order valence-corrected chi connectivity index (χ2v) is 5.59. The molecule has 3 nitrogen and oxygen atoms in total. The van der Waals surface area contributed by atoms with Crippen LogP contribution < -0.4 is 11.1 Å². The van der Waals surface area contributed by atoms with Gasteiger partial charge in [0.2, 0.25) is 0 Å². The molecule has 0 atom stereocenters. The molecule has 0 aliphatic heterocycles. The van der Waals surface area contributed by atoms with Crippen molar-refractivity contribution >= 4 is 22.9 Å². The third kappa shape index (κ3) is 3.69. The minimum absolute atomic E-state index is 0.266. The average Bonchev–Trinajstić information content (AvgIpc) is 2.82. The highest BCUT2D eigenvalue weighted by Crippen LogP contribution is 2.23. The van der Waals surface area contributed by atoms with E-state index in [4.69, 9.17) is 5.73 Å². The van der Waals surface area contributed by atoms with E-state index in [1.165, 1.54) is 23.5 Å². The first-order valence-corrected chi connectivity index (χ1v) is 7.20.